The van der Waals surface area contributed by atoms with Crippen LogP contribution in [0.15, 0.2) is 97.2 Å². The number of phosphoric acid groups is 2. The normalized spacial score (nSPS) is 22.3. The fourth-order valence-corrected chi connectivity index (χ4v) is 8.41. The number of aliphatic hydroxyl groups excluding tert-OH is 5. The van der Waals surface area contributed by atoms with E-state index in [0.29, 0.717) is 25.7 Å². The van der Waals surface area contributed by atoms with Crippen LogP contribution in [0.5, 0.6) is 0 Å². The molecule has 19 heteroatoms. The molecule has 0 bridgehead atoms. The molecule has 1 rings (SSSR count). The minimum Gasteiger partial charge on any atom is -0.462 e. The van der Waals surface area contributed by atoms with Crippen LogP contribution in [0.2, 0.25) is 0 Å². The summed E-state index contributed by atoms with van der Waals surface area (Å²) in [5, 5.41) is 51.3. The van der Waals surface area contributed by atoms with Crippen molar-refractivity contribution in [2.75, 3.05) is 13.2 Å². The summed E-state index contributed by atoms with van der Waals surface area (Å²) in [5.41, 5.74) is 0. The van der Waals surface area contributed by atoms with Crippen molar-refractivity contribution < 1.29 is 82.0 Å². The molecule has 0 aliphatic heterocycles. The third kappa shape index (κ3) is 34.3. The Kier molecular flexibility index (Phi) is 37.4. The van der Waals surface area contributed by atoms with Gasteiger partial charge in [-0.3, -0.25) is 23.2 Å². The molecule has 1 aliphatic carbocycles. The van der Waals surface area contributed by atoms with Crippen LogP contribution in [0, 0.1) is 0 Å². The lowest BCUT2D eigenvalue weighted by atomic mass is 9.85. The van der Waals surface area contributed by atoms with E-state index in [1.54, 1.807) is 18.2 Å². The molecular formula is C51H84O17P2. The number of ether oxygens (including phenoxy) is 2. The number of carbonyl (C=O) groups excluding carboxylic acids is 2. The van der Waals surface area contributed by atoms with E-state index in [1.165, 1.54) is 19.3 Å². The Bertz CT molecular complexity index is 1730. The van der Waals surface area contributed by atoms with Gasteiger partial charge in [0.05, 0.1) is 12.7 Å². The molecule has 0 spiro atoms. The van der Waals surface area contributed by atoms with Crippen molar-refractivity contribution in [3.63, 3.8) is 0 Å². The fraction of sp³-hybridized carbons (Fsp3) is 0.647. The molecule has 1 saturated carbocycles. The van der Waals surface area contributed by atoms with E-state index in [0.717, 1.165) is 70.6 Å². The predicted octanol–water partition coefficient (Wildman–Crippen LogP) is 8.92. The summed E-state index contributed by atoms with van der Waals surface area (Å²) >= 11 is 0. The minimum absolute atomic E-state index is 0.0803. The van der Waals surface area contributed by atoms with Crippen molar-refractivity contribution in [3.8, 4) is 0 Å². The molecule has 9 atom stereocenters. The van der Waals surface area contributed by atoms with Crippen LogP contribution in [0.3, 0.4) is 0 Å². The van der Waals surface area contributed by atoms with Crippen LogP contribution in [0.4, 0.5) is 0 Å². The second kappa shape index (κ2) is 40.4. The number of esters is 2. The number of carbonyl (C=O) groups is 2. The quantitative estimate of drug-likeness (QED) is 0.00935. The first-order valence-electron chi connectivity index (χ1n) is 24.9. The lowest BCUT2D eigenvalue weighted by molar-refractivity contribution is -0.216. The molecule has 0 aromatic heterocycles. The van der Waals surface area contributed by atoms with E-state index in [4.69, 9.17) is 18.5 Å². The van der Waals surface area contributed by atoms with Crippen LogP contribution in [0.1, 0.15) is 149 Å². The topological polar surface area (TPSA) is 276 Å². The first kappa shape index (κ1) is 64.9. The number of hydrogen-bond acceptors (Lipinski definition) is 14. The molecule has 0 radical (unpaired) electrons. The highest BCUT2D eigenvalue weighted by molar-refractivity contribution is 7.47. The van der Waals surface area contributed by atoms with E-state index >= 15 is 0 Å². The number of unbranched alkanes of at least 4 members (excludes halogenated alkanes) is 10. The van der Waals surface area contributed by atoms with Crippen molar-refractivity contribution in [1.29, 1.82) is 0 Å². The number of aliphatic hydroxyl groups is 5. The lowest BCUT2D eigenvalue weighted by Gasteiger charge is -2.43. The van der Waals surface area contributed by atoms with E-state index in [-0.39, 0.29) is 19.3 Å². The van der Waals surface area contributed by atoms with Gasteiger partial charge < -0.3 is 49.7 Å². The smallest absolute Gasteiger partial charge is 0.462 e. The van der Waals surface area contributed by atoms with Gasteiger partial charge in [0.2, 0.25) is 0 Å². The van der Waals surface area contributed by atoms with E-state index in [1.807, 2.05) is 42.5 Å². The molecule has 70 heavy (non-hydrogen) atoms. The summed E-state index contributed by atoms with van der Waals surface area (Å²) in [4.78, 5) is 54.3. The first-order valence-corrected chi connectivity index (χ1v) is 27.9. The monoisotopic (exact) mass is 1030 g/mol. The summed E-state index contributed by atoms with van der Waals surface area (Å²) < 4.78 is 49.3. The zero-order valence-corrected chi connectivity index (χ0v) is 43.1. The molecule has 6 unspecified atom stereocenters. The Hall–Kier alpha value is -3.12. The van der Waals surface area contributed by atoms with Gasteiger partial charge in [0.1, 0.15) is 43.2 Å². The predicted molar refractivity (Wildman–Crippen MR) is 270 cm³/mol. The van der Waals surface area contributed by atoms with Crippen molar-refractivity contribution in [3.05, 3.63) is 97.2 Å². The SMILES string of the molecule is CC/C=C\C/C=C\CC(O)/C=C/C=C\C/C=C\C/C=C\CCC(=O)O[C@H](COC(=O)CCCCCCCCC/C=C\C/C=C\CCCCC)COP(=O)(O)O[C@H]1C(O)C(O)C(O)[C@@H](OP(=O)(O)O)C1O. The highest BCUT2D eigenvalue weighted by atomic mass is 31.2. The maximum atomic E-state index is 13.0. The van der Waals surface area contributed by atoms with Gasteiger partial charge >= 0.3 is 27.6 Å². The molecule has 8 N–H and O–H groups in total. The van der Waals surface area contributed by atoms with Gasteiger partial charge in [-0.05, 0) is 77.0 Å². The Labute approximate surface area is 416 Å². The second-order valence-corrected chi connectivity index (χ2v) is 19.6. The van der Waals surface area contributed by atoms with E-state index < -0.39 is 89.6 Å². The molecule has 1 fully saturated rings. The number of hydrogen-bond donors (Lipinski definition) is 8. The van der Waals surface area contributed by atoms with Crippen molar-refractivity contribution >= 4 is 27.6 Å². The summed E-state index contributed by atoms with van der Waals surface area (Å²) in [6, 6.07) is 0. The van der Waals surface area contributed by atoms with Gasteiger partial charge in [-0.15, -0.1) is 0 Å². The third-order valence-corrected chi connectivity index (χ3v) is 12.2. The summed E-state index contributed by atoms with van der Waals surface area (Å²) in [5.74, 6) is -1.35. The zero-order valence-electron chi connectivity index (χ0n) is 41.3. The van der Waals surface area contributed by atoms with Crippen LogP contribution >= 0.6 is 15.6 Å². The second-order valence-electron chi connectivity index (χ2n) is 17.0. The molecular weight excluding hydrogens is 946 g/mol. The molecule has 400 valence electrons. The first-order chi connectivity index (χ1) is 33.5. The van der Waals surface area contributed by atoms with Crippen LogP contribution < -0.4 is 0 Å². The summed E-state index contributed by atoms with van der Waals surface area (Å²) in [6.45, 7) is 2.84. The summed E-state index contributed by atoms with van der Waals surface area (Å²) in [6.07, 6.45) is 33.9. The van der Waals surface area contributed by atoms with Crippen molar-refractivity contribution in [1.82, 2.24) is 0 Å². The lowest BCUT2D eigenvalue weighted by Crippen LogP contribution is -2.64. The van der Waals surface area contributed by atoms with E-state index in [2.05, 4.69) is 54.8 Å². The number of allylic oxidation sites excluding steroid dienone is 14. The van der Waals surface area contributed by atoms with Gasteiger partial charge in [0, 0.05) is 12.8 Å². The average Bonchev–Trinajstić information content (AvgIpc) is 3.31. The average molecular weight is 1030 g/mol. The maximum Gasteiger partial charge on any atom is 0.472 e. The molecule has 17 nitrogen and oxygen atoms in total. The van der Waals surface area contributed by atoms with E-state index in [9.17, 15) is 58.9 Å². The van der Waals surface area contributed by atoms with Crippen molar-refractivity contribution in [2.45, 2.75) is 198 Å². The summed E-state index contributed by atoms with van der Waals surface area (Å²) in [7, 11) is -10.7. The van der Waals surface area contributed by atoms with Crippen LogP contribution in [-0.4, -0.2) is 114 Å². The largest absolute Gasteiger partial charge is 0.472 e. The number of rotatable bonds is 40. The highest BCUT2D eigenvalue weighted by Gasteiger charge is 2.54. The standard InChI is InChI=1S/C51H84O17P2/c1-3-5-7-9-11-12-13-14-15-16-17-18-19-23-26-30-34-38-44(53)64-40-43(41-65-70(62,63)68-51-48(57)46(55)47(56)50(49(51)58)67-69(59,60)61)66-45(54)39-35-31-27-24-21-20-22-25-29-33-37-42(52)36-32-28-10-8-6-4-2/h6,8,11-12,14-15,20-21,25,27-29,31-33,37,42-43,46-52,55-58H,3-5,7,9-10,13,16-19,22-24,26,30,34-36,38-41H2,1-2H3,(H,62,63)(H2,59,60,61)/b8-6-,12-11-,15-14-,21-20-,29-25-,31-27-,32-28-,37-33+/t42?,43-,46?,47?,48?,49?,50-,51+/m1/s1. The Morgan fingerprint density at radius 1 is 0.543 bits per heavy atom. The highest BCUT2D eigenvalue weighted by Crippen LogP contribution is 2.49. The Morgan fingerprint density at radius 2 is 1.07 bits per heavy atom. The minimum atomic E-state index is -5.39. The number of phosphoric ester groups is 2. The maximum absolute atomic E-state index is 13.0. The van der Waals surface area contributed by atoms with Crippen LogP contribution in [-0.2, 0) is 41.8 Å². The van der Waals surface area contributed by atoms with Crippen LogP contribution in [0.25, 0.3) is 0 Å². The Balaban J connectivity index is 2.66. The van der Waals surface area contributed by atoms with Gasteiger partial charge in [0.15, 0.2) is 6.10 Å². The van der Waals surface area contributed by atoms with Gasteiger partial charge in [0.25, 0.3) is 0 Å². The molecule has 0 aromatic carbocycles. The van der Waals surface area contributed by atoms with Gasteiger partial charge in [-0.25, -0.2) is 9.13 Å². The molecule has 1 aliphatic rings. The van der Waals surface area contributed by atoms with Gasteiger partial charge in [-0.1, -0.05) is 156 Å². The molecule has 0 saturated heterocycles. The van der Waals surface area contributed by atoms with Gasteiger partial charge in [-0.2, -0.15) is 0 Å². The third-order valence-electron chi connectivity index (χ3n) is 10.7. The fourth-order valence-electron chi connectivity index (χ4n) is 6.87. The Morgan fingerprint density at radius 3 is 1.69 bits per heavy atom. The van der Waals surface area contributed by atoms with Crippen molar-refractivity contribution in [2.24, 2.45) is 0 Å². The molecule has 0 heterocycles. The molecule has 0 amide bonds. The zero-order chi connectivity index (χ0) is 51.9. The molecule has 0 aromatic rings.